The summed E-state index contributed by atoms with van der Waals surface area (Å²) in [6.45, 7) is 7.25. The highest BCUT2D eigenvalue weighted by Gasteiger charge is 2.18. The summed E-state index contributed by atoms with van der Waals surface area (Å²) in [5.41, 5.74) is 0.989. The van der Waals surface area contributed by atoms with Crippen LogP contribution in [0.1, 0.15) is 13.3 Å². The number of anilines is 1. The number of para-hydroxylation sites is 1. The van der Waals surface area contributed by atoms with Gasteiger partial charge in [0.05, 0.1) is 6.54 Å². The summed E-state index contributed by atoms with van der Waals surface area (Å²) in [6, 6.07) is 9.90. The molecule has 19 heavy (non-hydrogen) atoms. The third-order valence-electron chi connectivity index (χ3n) is 3.48. The maximum absolute atomic E-state index is 12.4. The second kappa shape index (κ2) is 7.26. The number of amides is 1. The molecule has 1 amide bonds. The molecule has 4 nitrogen and oxygen atoms in total. The van der Waals surface area contributed by atoms with Crippen molar-refractivity contribution in [2.24, 2.45) is 0 Å². The lowest BCUT2D eigenvalue weighted by molar-refractivity contribution is -0.119. The molecule has 4 heteroatoms. The Morgan fingerprint density at radius 2 is 2.05 bits per heavy atom. The fourth-order valence-electron chi connectivity index (χ4n) is 2.45. The predicted octanol–water partition coefficient (Wildman–Crippen LogP) is 1.33. The molecular formula is C15H23N3O. The molecule has 1 aliphatic rings. The quantitative estimate of drug-likeness (QED) is 0.888. The van der Waals surface area contributed by atoms with Crippen LogP contribution >= 0.6 is 0 Å². The van der Waals surface area contributed by atoms with Crippen molar-refractivity contribution in [3.63, 3.8) is 0 Å². The van der Waals surface area contributed by atoms with Gasteiger partial charge in [-0.25, -0.2) is 0 Å². The Hall–Kier alpha value is -1.39. The van der Waals surface area contributed by atoms with Crippen molar-refractivity contribution in [2.45, 2.75) is 13.3 Å². The minimum absolute atomic E-state index is 0.190. The van der Waals surface area contributed by atoms with Gasteiger partial charge in [-0.05, 0) is 38.6 Å². The molecule has 0 radical (unpaired) electrons. The van der Waals surface area contributed by atoms with Crippen molar-refractivity contribution in [2.75, 3.05) is 44.2 Å². The first kappa shape index (κ1) is 14.0. The number of nitrogens with one attached hydrogen (secondary N) is 1. The Labute approximate surface area is 115 Å². The van der Waals surface area contributed by atoms with Crippen molar-refractivity contribution in [1.82, 2.24) is 10.2 Å². The number of rotatable bonds is 4. The van der Waals surface area contributed by atoms with Gasteiger partial charge in [0, 0.05) is 25.3 Å². The van der Waals surface area contributed by atoms with Crippen LogP contribution < -0.4 is 10.2 Å². The minimum Gasteiger partial charge on any atom is -0.315 e. The van der Waals surface area contributed by atoms with E-state index in [1.54, 1.807) is 0 Å². The summed E-state index contributed by atoms with van der Waals surface area (Å²) in [4.78, 5) is 16.5. The van der Waals surface area contributed by atoms with Crippen LogP contribution in [0.15, 0.2) is 30.3 Å². The fourth-order valence-corrected chi connectivity index (χ4v) is 2.45. The van der Waals surface area contributed by atoms with Crippen LogP contribution in [0.5, 0.6) is 0 Å². The highest BCUT2D eigenvalue weighted by atomic mass is 16.2. The first-order chi connectivity index (χ1) is 9.31. The van der Waals surface area contributed by atoms with Crippen LogP contribution in [0.3, 0.4) is 0 Å². The highest BCUT2D eigenvalue weighted by molar-refractivity contribution is 5.94. The largest absolute Gasteiger partial charge is 0.315 e. The second-order valence-electron chi connectivity index (χ2n) is 4.85. The SMILES string of the molecule is CCN(C(=O)CN1CCCNCC1)c1ccccc1. The Bertz CT molecular complexity index is 386. The molecule has 0 saturated carbocycles. The monoisotopic (exact) mass is 261 g/mol. The van der Waals surface area contributed by atoms with Crippen LogP contribution in [-0.2, 0) is 4.79 Å². The predicted molar refractivity (Wildman–Crippen MR) is 78.4 cm³/mol. The zero-order valence-corrected chi connectivity index (χ0v) is 11.6. The van der Waals surface area contributed by atoms with Crippen LogP contribution in [0.4, 0.5) is 5.69 Å². The van der Waals surface area contributed by atoms with Gasteiger partial charge in [0.1, 0.15) is 0 Å². The average Bonchev–Trinajstić information content (AvgIpc) is 2.69. The van der Waals surface area contributed by atoms with Gasteiger partial charge in [-0.3, -0.25) is 9.69 Å². The highest BCUT2D eigenvalue weighted by Crippen LogP contribution is 2.13. The average molecular weight is 261 g/mol. The third kappa shape index (κ3) is 4.04. The van der Waals surface area contributed by atoms with E-state index in [4.69, 9.17) is 0 Å². The number of hydrogen-bond donors (Lipinski definition) is 1. The molecular weight excluding hydrogens is 238 g/mol. The Balaban J connectivity index is 1.96. The maximum atomic E-state index is 12.4. The van der Waals surface area contributed by atoms with E-state index in [0.29, 0.717) is 6.54 Å². The lowest BCUT2D eigenvalue weighted by Gasteiger charge is -2.25. The number of carbonyl (C=O) groups excluding carboxylic acids is 1. The van der Waals surface area contributed by atoms with Crippen LogP contribution in [-0.4, -0.2) is 50.1 Å². The molecule has 0 aromatic heterocycles. The molecule has 0 spiro atoms. The van der Waals surface area contributed by atoms with Crippen molar-refractivity contribution in [3.8, 4) is 0 Å². The number of nitrogens with zero attached hydrogens (tertiary/aromatic N) is 2. The summed E-state index contributed by atoms with van der Waals surface area (Å²) in [5, 5.41) is 3.36. The summed E-state index contributed by atoms with van der Waals surface area (Å²) < 4.78 is 0. The van der Waals surface area contributed by atoms with E-state index >= 15 is 0 Å². The fraction of sp³-hybridized carbons (Fsp3) is 0.533. The molecule has 0 unspecified atom stereocenters. The van der Waals surface area contributed by atoms with Crippen molar-refractivity contribution < 1.29 is 4.79 Å². The van der Waals surface area contributed by atoms with Crippen LogP contribution in [0.2, 0.25) is 0 Å². The van der Waals surface area contributed by atoms with Gasteiger partial charge in [-0.2, -0.15) is 0 Å². The van der Waals surface area contributed by atoms with Gasteiger partial charge in [-0.1, -0.05) is 18.2 Å². The molecule has 0 bridgehead atoms. The first-order valence-corrected chi connectivity index (χ1v) is 7.09. The van der Waals surface area contributed by atoms with Crippen LogP contribution in [0.25, 0.3) is 0 Å². The van der Waals surface area contributed by atoms with E-state index in [1.165, 1.54) is 0 Å². The Morgan fingerprint density at radius 1 is 1.26 bits per heavy atom. The van der Waals surface area contributed by atoms with E-state index in [9.17, 15) is 4.79 Å². The molecule has 1 fully saturated rings. The van der Waals surface area contributed by atoms with E-state index < -0.39 is 0 Å². The topological polar surface area (TPSA) is 35.6 Å². The number of benzene rings is 1. The van der Waals surface area contributed by atoms with Gasteiger partial charge in [0.25, 0.3) is 0 Å². The zero-order valence-electron chi connectivity index (χ0n) is 11.6. The lowest BCUT2D eigenvalue weighted by atomic mass is 10.2. The molecule has 1 aromatic carbocycles. The third-order valence-corrected chi connectivity index (χ3v) is 3.48. The van der Waals surface area contributed by atoms with E-state index in [2.05, 4.69) is 10.2 Å². The molecule has 1 N–H and O–H groups in total. The van der Waals surface area contributed by atoms with E-state index in [1.807, 2.05) is 42.2 Å². The Kier molecular flexibility index (Phi) is 5.36. The van der Waals surface area contributed by atoms with Crippen molar-refractivity contribution in [1.29, 1.82) is 0 Å². The lowest BCUT2D eigenvalue weighted by Crippen LogP contribution is -2.41. The van der Waals surface area contributed by atoms with E-state index in [-0.39, 0.29) is 5.91 Å². The molecule has 104 valence electrons. The standard InChI is InChI=1S/C15H23N3O/c1-2-18(14-7-4-3-5-8-14)15(19)13-17-11-6-9-16-10-12-17/h3-5,7-8,16H,2,6,9-13H2,1H3. The van der Waals surface area contributed by atoms with E-state index in [0.717, 1.165) is 44.8 Å². The number of carbonyl (C=O) groups is 1. The van der Waals surface area contributed by atoms with Gasteiger partial charge in [0.2, 0.25) is 5.91 Å². The summed E-state index contributed by atoms with van der Waals surface area (Å²) in [7, 11) is 0. The Morgan fingerprint density at radius 3 is 2.79 bits per heavy atom. The number of likely N-dealkylation sites (N-methyl/N-ethyl adjacent to an activating group) is 1. The van der Waals surface area contributed by atoms with Crippen molar-refractivity contribution >= 4 is 11.6 Å². The minimum atomic E-state index is 0.190. The van der Waals surface area contributed by atoms with Crippen molar-refractivity contribution in [3.05, 3.63) is 30.3 Å². The normalized spacial score (nSPS) is 16.9. The first-order valence-electron chi connectivity index (χ1n) is 7.09. The van der Waals surface area contributed by atoms with Gasteiger partial charge < -0.3 is 10.2 Å². The summed E-state index contributed by atoms with van der Waals surface area (Å²) in [6.07, 6.45) is 1.12. The molecule has 1 aliphatic heterocycles. The van der Waals surface area contributed by atoms with Crippen LogP contribution in [0, 0.1) is 0 Å². The molecule has 2 rings (SSSR count). The molecule has 0 atom stereocenters. The second-order valence-corrected chi connectivity index (χ2v) is 4.85. The number of hydrogen-bond acceptors (Lipinski definition) is 3. The van der Waals surface area contributed by atoms with Gasteiger partial charge in [-0.15, -0.1) is 0 Å². The maximum Gasteiger partial charge on any atom is 0.241 e. The molecule has 1 saturated heterocycles. The summed E-state index contributed by atoms with van der Waals surface area (Å²) >= 11 is 0. The smallest absolute Gasteiger partial charge is 0.241 e. The molecule has 0 aliphatic carbocycles. The van der Waals surface area contributed by atoms with Gasteiger partial charge >= 0.3 is 0 Å². The van der Waals surface area contributed by atoms with Gasteiger partial charge in [0.15, 0.2) is 0 Å². The summed E-state index contributed by atoms with van der Waals surface area (Å²) in [5.74, 6) is 0.190. The molecule has 1 heterocycles. The zero-order chi connectivity index (χ0) is 13.5. The molecule has 1 aromatic rings.